The van der Waals surface area contributed by atoms with Gasteiger partial charge in [-0.1, -0.05) is 43.3 Å². The number of esters is 1. The third-order valence-electron chi connectivity index (χ3n) is 5.95. The average molecular weight is 505 g/mol. The number of sulfonamides is 1. The third-order valence-corrected chi connectivity index (χ3v) is 7.75. The highest BCUT2D eigenvalue weighted by molar-refractivity contribution is 7.89. The number of pyridine rings is 1. The molecular formula is C28H28N2O5S. The predicted molar refractivity (Wildman–Crippen MR) is 139 cm³/mol. The van der Waals surface area contributed by atoms with Crippen LogP contribution in [0.1, 0.15) is 40.9 Å². The molecule has 0 atom stereocenters. The van der Waals surface area contributed by atoms with E-state index in [1.807, 2.05) is 48.5 Å². The molecule has 1 heterocycles. The Morgan fingerprint density at radius 2 is 1.61 bits per heavy atom. The van der Waals surface area contributed by atoms with Gasteiger partial charge in [0.25, 0.3) is 5.56 Å². The van der Waals surface area contributed by atoms with E-state index in [1.54, 1.807) is 13.0 Å². The highest BCUT2D eigenvalue weighted by Gasteiger charge is 2.26. The van der Waals surface area contributed by atoms with Crippen molar-refractivity contribution in [3.8, 4) is 0 Å². The van der Waals surface area contributed by atoms with E-state index in [4.69, 9.17) is 4.74 Å². The number of aromatic nitrogens is 1. The van der Waals surface area contributed by atoms with Crippen LogP contribution in [-0.2, 0) is 34.3 Å². The van der Waals surface area contributed by atoms with E-state index in [-0.39, 0.29) is 35.7 Å². The van der Waals surface area contributed by atoms with E-state index in [0.29, 0.717) is 11.1 Å². The molecular weight excluding hydrogens is 476 g/mol. The number of nitrogens with one attached hydrogen (secondary N) is 1. The van der Waals surface area contributed by atoms with Gasteiger partial charge in [-0.2, -0.15) is 4.31 Å². The Labute approximate surface area is 210 Å². The molecule has 36 heavy (non-hydrogen) atoms. The quantitative estimate of drug-likeness (QED) is 0.335. The fraction of sp³-hybridized carbons (Fsp3) is 0.214. The summed E-state index contributed by atoms with van der Waals surface area (Å²) in [6, 6.07) is 22.4. The lowest BCUT2D eigenvalue weighted by atomic mass is 10.1. The molecule has 0 aliphatic carbocycles. The van der Waals surface area contributed by atoms with Crippen molar-refractivity contribution < 1.29 is 17.9 Å². The molecule has 0 amide bonds. The number of carbonyl (C=O) groups excluding carboxylic acids is 1. The number of ether oxygens (including phenoxy) is 1. The molecule has 8 heteroatoms. The third kappa shape index (κ3) is 5.56. The molecule has 0 saturated heterocycles. The van der Waals surface area contributed by atoms with Crippen LogP contribution in [0.4, 0.5) is 0 Å². The van der Waals surface area contributed by atoms with Gasteiger partial charge in [-0.15, -0.1) is 0 Å². The van der Waals surface area contributed by atoms with E-state index in [9.17, 15) is 18.0 Å². The van der Waals surface area contributed by atoms with Crippen molar-refractivity contribution in [3.63, 3.8) is 0 Å². The average Bonchev–Trinajstić information content (AvgIpc) is 2.89. The summed E-state index contributed by atoms with van der Waals surface area (Å²) >= 11 is 0. The Kier molecular flexibility index (Phi) is 7.67. The first-order valence-electron chi connectivity index (χ1n) is 11.8. The summed E-state index contributed by atoms with van der Waals surface area (Å²) < 4.78 is 33.7. The number of hydrogen-bond donors (Lipinski definition) is 1. The lowest BCUT2D eigenvalue weighted by molar-refractivity contribution is 0.0526. The lowest BCUT2D eigenvalue weighted by Gasteiger charge is -2.22. The minimum absolute atomic E-state index is 0.0250. The minimum Gasteiger partial charge on any atom is -0.462 e. The fourth-order valence-electron chi connectivity index (χ4n) is 3.97. The number of aryl methyl sites for hydroxylation is 1. The molecule has 1 aromatic heterocycles. The fourth-order valence-corrected chi connectivity index (χ4v) is 5.37. The smallest absolute Gasteiger partial charge is 0.338 e. The Bertz CT molecular complexity index is 1530. The van der Waals surface area contributed by atoms with Crippen LogP contribution in [-0.4, -0.2) is 30.3 Å². The highest BCUT2D eigenvalue weighted by Crippen LogP contribution is 2.23. The Morgan fingerprint density at radius 3 is 2.28 bits per heavy atom. The van der Waals surface area contributed by atoms with Gasteiger partial charge in [-0.25, -0.2) is 13.2 Å². The Balaban J connectivity index is 1.73. The molecule has 0 aliphatic heterocycles. The van der Waals surface area contributed by atoms with Crippen LogP contribution in [0.3, 0.4) is 0 Å². The summed E-state index contributed by atoms with van der Waals surface area (Å²) in [5.41, 5.74) is 2.89. The molecule has 0 unspecified atom stereocenters. The number of H-pyrrole nitrogens is 1. The molecule has 3 aromatic carbocycles. The number of nitrogens with zero attached hydrogens (tertiary/aromatic N) is 1. The number of carbonyl (C=O) groups is 1. The number of hydrogen-bond acceptors (Lipinski definition) is 5. The molecule has 4 aromatic rings. The van der Waals surface area contributed by atoms with Crippen LogP contribution in [0.2, 0.25) is 0 Å². The first-order chi connectivity index (χ1) is 17.3. The van der Waals surface area contributed by atoms with Crippen molar-refractivity contribution in [3.05, 3.63) is 111 Å². The van der Waals surface area contributed by atoms with E-state index in [0.717, 1.165) is 22.9 Å². The van der Waals surface area contributed by atoms with Crippen LogP contribution in [0.25, 0.3) is 10.9 Å². The topological polar surface area (TPSA) is 96.5 Å². The molecule has 0 bridgehead atoms. The molecule has 186 valence electrons. The molecule has 7 nitrogen and oxygen atoms in total. The second kappa shape index (κ2) is 10.9. The second-order valence-electron chi connectivity index (χ2n) is 8.40. The van der Waals surface area contributed by atoms with Gasteiger partial charge < -0.3 is 9.72 Å². The van der Waals surface area contributed by atoms with Crippen molar-refractivity contribution in [2.75, 3.05) is 6.61 Å². The maximum absolute atomic E-state index is 13.7. The van der Waals surface area contributed by atoms with Crippen molar-refractivity contribution in [1.82, 2.24) is 9.29 Å². The normalized spacial score (nSPS) is 11.6. The largest absolute Gasteiger partial charge is 0.462 e. The molecule has 1 N–H and O–H groups in total. The highest BCUT2D eigenvalue weighted by atomic mass is 32.2. The summed E-state index contributed by atoms with van der Waals surface area (Å²) in [6.45, 7) is 3.95. The van der Waals surface area contributed by atoms with Gasteiger partial charge >= 0.3 is 5.97 Å². The van der Waals surface area contributed by atoms with Gasteiger partial charge in [0.05, 0.1) is 17.1 Å². The van der Waals surface area contributed by atoms with Gasteiger partial charge in [-0.3, -0.25) is 4.79 Å². The molecule has 0 saturated carbocycles. The van der Waals surface area contributed by atoms with E-state index < -0.39 is 16.0 Å². The maximum Gasteiger partial charge on any atom is 0.338 e. The van der Waals surface area contributed by atoms with Crippen LogP contribution in [0, 0.1) is 0 Å². The zero-order valence-electron chi connectivity index (χ0n) is 20.2. The van der Waals surface area contributed by atoms with Gasteiger partial charge in [0, 0.05) is 24.2 Å². The van der Waals surface area contributed by atoms with Crippen molar-refractivity contribution in [2.24, 2.45) is 0 Å². The molecule has 0 aliphatic rings. The molecule has 0 spiro atoms. The zero-order chi connectivity index (χ0) is 25.7. The van der Waals surface area contributed by atoms with Crippen molar-refractivity contribution >= 4 is 26.9 Å². The number of fused-ring (bicyclic) bond motifs is 1. The first-order valence-corrected chi connectivity index (χ1v) is 13.2. The van der Waals surface area contributed by atoms with E-state index in [2.05, 4.69) is 11.9 Å². The summed E-state index contributed by atoms with van der Waals surface area (Å²) in [5, 5.41) is 0.847. The summed E-state index contributed by atoms with van der Waals surface area (Å²) in [5.74, 6) is -0.517. The molecule has 4 rings (SSSR count). The molecule has 0 fully saturated rings. The zero-order valence-corrected chi connectivity index (χ0v) is 21.0. The minimum atomic E-state index is -4.01. The number of rotatable bonds is 9. The van der Waals surface area contributed by atoms with E-state index in [1.165, 1.54) is 28.6 Å². The predicted octanol–water partition coefficient (Wildman–Crippen LogP) is 4.66. The number of aromatic amines is 1. The standard InChI is InChI=1S/C28H28N2O5S/c1-3-20-10-15-26-23(16-20)17-24(27(31)29-26)19-30(18-21-8-6-5-7-9-21)36(33,34)25-13-11-22(12-14-25)28(32)35-4-2/h5-17H,3-4,18-19H2,1-2H3,(H,29,31). The van der Waals surface area contributed by atoms with Crippen molar-refractivity contribution in [2.45, 2.75) is 38.3 Å². The summed E-state index contributed by atoms with van der Waals surface area (Å²) in [6.07, 6.45) is 0.848. The Hall–Kier alpha value is -3.75. The lowest BCUT2D eigenvalue weighted by Crippen LogP contribution is -2.32. The monoisotopic (exact) mass is 504 g/mol. The van der Waals surface area contributed by atoms with Crippen LogP contribution >= 0.6 is 0 Å². The summed E-state index contributed by atoms with van der Waals surface area (Å²) in [7, 11) is -4.01. The Morgan fingerprint density at radius 1 is 0.889 bits per heavy atom. The van der Waals surface area contributed by atoms with Gasteiger partial charge in [0.2, 0.25) is 10.0 Å². The van der Waals surface area contributed by atoms with E-state index >= 15 is 0 Å². The van der Waals surface area contributed by atoms with Crippen molar-refractivity contribution in [1.29, 1.82) is 0 Å². The van der Waals surface area contributed by atoms with Crippen LogP contribution in [0.15, 0.2) is 88.6 Å². The van der Waals surface area contributed by atoms with Crippen LogP contribution < -0.4 is 5.56 Å². The molecule has 0 radical (unpaired) electrons. The number of benzene rings is 3. The summed E-state index contributed by atoms with van der Waals surface area (Å²) in [4.78, 5) is 27.8. The van der Waals surface area contributed by atoms with Gasteiger partial charge in [0.15, 0.2) is 0 Å². The first kappa shape index (κ1) is 25.3. The van der Waals surface area contributed by atoms with Gasteiger partial charge in [-0.05, 0) is 72.3 Å². The van der Waals surface area contributed by atoms with Gasteiger partial charge in [0.1, 0.15) is 0 Å². The SMILES string of the molecule is CCOC(=O)c1ccc(S(=O)(=O)N(Cc2ccccc2)Cc2cc3cc(CC)ccc3[nH]c2=O)cc1. The van der Waals surface area contributed by atoms with Crippen LogP contribution in [0.5, 0.6) is 0 Å². The maximum atomic E-state index is 13.7. The second-order valence-corrected chi connectivity index (χ2v) is 10.3.